The van der Waals surface area contributed by atoms with Gasteiger partial charge in [-0.3, -0.25) is 4.79 Å². The van der Waals surface area contributed by atoms with Crippen LogP contribution in [-0.4, -0.2) is 60.0 Å². The third-order valence-electron chi connectivity index (χ3n) is 6.20. The van der Waals surface area contributed by atoms with Crippen molar-refractivity contribution in [1.29, 1.82) is 0 Å². The smallest absolute Gasteiger partial charge is 0.411 e. The minimum Gasteiger partial charge on any atom is -0.411 e. The summed E-state index contributed by atoms with van der Waals surface area (Å²) in [6.07, 6.45) is -4.52. The Morgan fingerprint density at radius 2 is 1.78 bits per heavy atom. The summed E-state index contributed by atoms with van der Waals surface area (Å²) in [4.78, 5) is 16.9. The Morgan fingerprint density at radius 1 is 1.03 bits per heavy atom. The lowest BCUT2D eigenvalue weighted by molar-refractivity contribution is -0.137. The fraction of sp³-hybridized carbons (Fsp3) is 0.269. The summed E-state index contributed by atoms with van der Waals surface area (Å²) in [6, 6.07) is 17.0. The normalized spacial score (nSPS) is 14.8. The van der Waals surface area contributed by atoms with Gasteiger partial charge in [-0.2, -0.15) is 13.2 Å². The number of carbonyl (C=O) groups excluding carboxylic acids is 1. The summed E-state index contributed by atoms with van der Waals surface area (Å²) >= 11 is 1.03. The van der Waals surface area contributed by atoms with Crippen LogP contribution in [0.3, 0.4) is 0 Å². The molecule has 5 rings (SSSR count). The van der Waals surface area contributed by atoms with Crippen molar-refractivity contribution in [2.75, 3.05) is 49.2 Å². The number of rotatable bonds is 6. The van der Waals surface area contributed by atoms with Crippen LogP contribution in [0.2, 0.25) is 0 Å². The first-order chi connectivity index (χ1) is 17.8. The Bertz CT molecular complexity index is 1410. The van der Waals surface area contributed by atoms with Crippen LogP contribution in [0.15, 0.2) is 70.3 Å². The second kappa shape index (κ2) is 10.4. The molecule has 4 aromatic rings. The number of piperazine rings is 1. The molecule has 11 heteroatoms. The van der Waals surface area contributed by atoms with Crippen molar-refractivity contribution in [1.82, 2.24) is 15.1 Å². The van der Waals surface area contributed by atoms with Crippen LogP contribution >= 0.6 is 11.8 Å². The number of fused-ring (bicyclic) bond motifs is 1. The number of nitrogens with zero attached hydrogens (tertiary/aromatic N) is 4. The van der Waals surface area contributed by atoms with E-state index >= 15 is 0 Å². The number of carbonyl (C=O) groups is 1. The number of anilines is 2. The van der Waals surface area contributed by atoms with E-state index in [1.807, 2.05) is 54.4 Å². The molecular formula is C26H24F3N5O2S. The number of amides is 1. The number of benzene rings is 3. The predicted molar refractivity (Wildman–Crippen MR) is 138 cm³/mol. The molecule has 0 radical (unpaired) electrons. The van der Waals surface area contributed by atoms with Gasteiger partial charge in [-0.15, -0.1) is 10.2 Å². The average molecular weight is 528 g/mol. The molecule has 1 fully saturated rings. The Morgan fingerprint density at radius 3 is 2.57 bits per heavy atom. The first-order valence-electron chi connectivity index (χ1n) is 11.7. The lowest BCUT2D eigenvalue weighted by atomic mass is 10.0. The molecule has 0 bridgehead atoms. The quantitative estimate of drug-likeness (QED) is 0.337. The topological polar surface area (TPSA) is 74.5 Å². The lowest BCUT2D eigenvalue weighted by Crippen LogP contribution is -2.44. The van der Waals surface area contributed by atoms with E-state index in [2.05, 4.69) is 20.4 Å². The third kappa shape index (κ3) is 5.72. The first kappa shape index (κ1) is 25.1. The van der Waals surface area contributed by atoms with Crippen molar-refractivity contribution in [3.05, 3.63) is 66.2 Å². The fourth-order valence-corrected chi connectivity index (χ4v) is 4.80. The number of alkyl halides is 3. The van der Waals surface area contributed by atoms with E-state index in [9.17, 15) is 18.0 Å². The molecule has 0 atom stereocenters. The molecule has 0 saturated carbocycles. The molecule has 1 saturated heterocycles. The molecule has 1 amide bonds. The summed E-state index contributed by atoms with van der Waals surface area (Å²) in [6.45, 7) is 2.86. The molecule has 0 aliphatic carbocycles. The predicted octanol–water partition coefficient (Wildman–Crippen LogP) is 5.39. The monoisotopic (exact) mass is 527 g/mol. The number of likely N-dealkylation sites (N-methyl/N-ethyl adjacent to an activating group) is 1. The number of hydrogen-bond donors (Lipinski definition) is 1. The highest BCUT2D eigenvalue weighted by Gasteiger charge is 2.32. The summed E-state index contributed by atoms with van der Waals surface area (Å²) in [5.41, 5.74) is 0.662. The molecule has 192 valence electrons. The maximum Gasteiger partial charge on any atom is 0.416 e. The molecule has 0 unspecified atom stereocenters. The van der Waals surface area contributed by atoms with E-state index < -0.39 is 17.6 Å². The van der Waals surface area contributed by atoms with Gasteiger partial charge in [0, 0.05) is 31.7 Å². The van der Waals surface area contributed by atoms with Crippen molar-refractivity contribution in [2.24, 2.45) is 0 Å². The van der Waals surface area contributed by atoms with Crippen LogP contribution in [0.4, 0.5) is 24.5 Å². The maximum atomic E-state index is 13.4. The van der Waals surface area contributed by atoms with E-state index in [4.69, 9.17) is 4.42 Å². The summed E-state index contributed by atoms with van der Waals surface area (Å²) in [7, 11) is 1.99. The highest BCUT2D eigenvalue weighted by molar-refractivity contribution is 7.99. The molecule has 1 N–H and O–H groups in total. The average Bonchev–Trinajstić information content (AvgIpc) is 3.36. The van der Waals surface area contributed by atoms with Gasteiger partial charge < -0.3 is 19.5 Å². The van der Waals surface area contributed by atoms with Crippen molar-refractivity contribution >= 4 is 39.8 Å². The van der Waals surface area contributed by atoms with Crippen LogP contribution in [0.25, 0.3) is 22.2 Å². The van der Waals surface area contributed by atoms with E-state index in [0.717, 1.165) is 53.3 Å². The third-order valence-corrected chi connectivity index (χ3v) is 7.01. The first-order valence-corrected chi connectivity index (χ1v) is 12.7. The van der Waals surface area contributed by atoms with E-state index in [-0.39, 0.29) is 16.7 Å². The fourth-order valence-electron chi connectivity index (χ4n) is 4.24. The van der Waals surface area contributed by atoms with E-state index in [0.29, 0.717) is 24.7 Å². The molecule has 0 spiro atoms. The molecule has 1 aliphatic heterocycles. The Balaban J connectivity index is 1.30. The SMILES string of the molecule is CN1CCN(c2ccc(C(F)(F)F)cc2NC(=O)CSc2nnc(-c3cccc4ccccc34)o2)CC1. The molecule has 7 nitrogen and oxygen atoms in total. The van der Waals surface area contributed by atoms with Gasteiger partial charge >= 0.3 is 6.18 Å². The molecule has 2 heterocycles. The number of halogens is 3. The Kier molecular flexibility index (Phi) is 7.07. The zero-order valence-corrected chi connectivity index (χ0v) is 20.8. The van der Waals surface area contributed by atoms with Gasteiger partial charge in [-0.05, 0) is 42.1 Å². The van der Waals surface area contributed by atoms with Gasteiger partial charge in [0.2, 0.25) is 11.8 Å². The molecule has 1 aliphatic rings. The number of nitrogens with one attached hydrogen (secondary N) is 1. The summed E-state index contributed by atoms with van der Waals surface area (Å²) < 4.78 is 45.9. The second-order valence-electron chi connectivity index (χ2n) is 8.76. The molecule has 3 aromatic carbocycles. The van der Waals surface area contributed by atoms with Gasteiger partial charge in [-0.25, -0.2) is 0 Å². The van der Waals surface area contributed by atoms with E-state index in [1.54, 1.807) is 0 Å². The van der Waals surface area contributed by atoms with Crippen LogP contribution in [-0.2, 0) is 11.0 Å². The number of aromatic nitrogens is 2. The van der Waals surface area contributed by atoms with Gasteiger partial charge in [-0.1, -0.05) is 48.2 Å². The van der Waals surface area contributed by atoms with Crippen molar-refractivity contribution in [2.45, 2.75) is 11.4 Å². The van der Waals surface area contributed by atoms with E-state index in [1.165, 1.54) is 6.07 Å². The van der Waals surface area contributed by atoms with Crippen molar-refractivity contribution in [3.8, 4) is 11.5 Å². The highest BCUT2D eigenvalue weighted by atomic mass is 32.2. The number of thioether (sulfide) groups is 1. The maximum absolute atomic E-state index is 13.4. The molecular weight excluding hydrogens is 503 g/mol. The van der Waals surface area contributed by atoms with Gasteiger partial charge in [0.15, 0.2) is 0 Å². The zero-order chi connectivity index (χ0) is 26.0. The van der Waals surface area contributed by atoms with Gasteiger partial charge in [0.05, 0.1) is 22.7 Å². The van der Waals surface area contributed by atoms with Gasteiger partial charge in [0.25, 0.3) is 5.22 Å². The van der Waals surface area contributed by atoms with Crippen molar-refractivity contribution < 1.29 is 22.4 Å². The van der Waals surface area contributed by atoms with Crippen LogP contribution in [0, 0.1) is 0 Å². The summed E-state index contributed by atoms with van der Waals surface area (Å²) in [5, 5.41) is 13.0. The minimum atomic E-state index is -4.52. The van der Waals surface area contributed by atoms with Gasteiger partial charge in [0.1, 0.15) is 0 Å². The second-order valence-corrected chi connectivity index (χ2v) is 9.68. The highest BCUT2D eigenvalue weighted by Crippen LogP contribution is 2.36. The Hall–Kier alpha value is -3.57. The van der Waals surface area contributed by atoms with Crippen molar-refractivity contribution in [3.63, 3.8) is 0 Å². The molecule has 37 heavy (non-hydrogen) atoms. The largest absolute Gasteiger partial charge is 0.416 e. The van der Waals surface area contributed by atoms with Crippen LogP contribution in [0.1, 0.15) is 5.56 Å². The zero-order valence-electron chi connectivity index (χ0n) is 20.0. The van der Waals surface area contributed by atoms with Crippen LogP contribution < -0.4 is 10.2 Å². The van der Waals surface area contributed by atoms with Crippen LogP contribution in [0.5, 0.6) is 0 Å². The Labute approximate surface area is 215 Å². The number of hydrogen-bond acceptors (Lipinski definition) is 7. The lowest BCUT2D eigenvalue weighted by Gasteiger charge is -2.35. The molecule has 1 aromatic heterocycles. The summed E-state index contributed by atoms with van der Waals surface area (Å²) in [5.74, 6) is -0.241. The minimum absolute atomic E-state index is 0.102. The standard InChI is InChI=1S/C26H24F3N5O2S/c1-33-11-13-34(14-12-33)22-10-9-18(26(27,28)29)15-21(22)30-23(35)16-37-25-32-31-24(36-25)20-8-4-6-17-5-2-3-7-19(17)20/h2-10,15H,11-14,16H2,1H3,(H,30,35).